The molecule has 3 nitrogen and oxygen atoms in total. The number of ketones is 1. The molecule has 2 aromatic rings. The summed E-state index contributed by atoms with van der Waals surface area (Å²) in [4.78, 5) is 11.8. The van der Waals surface area contributed by atoms with Gasteiger partial charge >= 0.3 is 12.4 Å². The lowest BCUT2D eigenvalue weighted by Gasteiger charge is -2.31. The number of rotatable bonds is 1. The van der Waals surface area contributed by atoms with E-state index in [2.05, 4.69) is 5.32 Å². The molecule has 0 amide bonds. The molecule has 1 unspecified atom stereocenters. The number of nitrogens with one attached hydrogen (secondary N) is 1. The van der Waals surface area contributed by atoms with Gasteiger partial charge in [-0.3, -0.25) is 4.79 Å². The lowest BCUT2D eigenvalue weighted by Crippen LogP contribution is -2.42. The Morgan fingerprint density at radius 3 is 2.27 bits per heavy atom. The summed E-state index contributed by atoms with van der Waals surface area (Å²) in [6, 6.07) is 5.74. The van der Waals surface area contributed by atoms with Crippen LogP contribution >= 0.6 is 0 Å². The van der Waals surface area contributed by atoms with Crippen LogP contribution in [0.3, 0.4) is 0 Å². The summed E-state index contributed by atoms with van der Waals surface area (Å²) in [5.74, 6) is -2.28. The summed E-state index contributed by atoms with van der Waals surface area (Å²) in [6.07, 6.45) is -9.16. The molecule has 0 aromatic heterocycles. The Morgan fingerprint density at radius 2 is 1.69 bits per heavy atom. The summed E-state index contributed by atoms with van der Waals surface area (Å²) in [7, 11) is 0. The molecule has 1 heterocycles. The van der Waals surface area contributed by atoms with Crippen molar-refractivity contribution in [3.05, 3.63) is 53.7 Å². The van der Waals surface area contributed by atoms with Crippen molar-refractivity contribution in [1.29, 1.82) is 0 Å². The van der Waals surface area contributed by atoms with Crippen LogP contribution in [0.25, 0.3) is 10.8 Å². The first kappa shape index (κ1) is 18.2. The Balaban J connectivity index is 2.43. The Morgan fingerprint density at radius 1 is 1.08 bits per heavy atom. The van der Waals surface area contributed by atoms with Crippen molar-refractivity contribution in [1.82, 2.24) is 0 Å². The molecule has 26 heavy (non-hydrogen) atoms. The van der Waals surface area contributed by atoms with Crippen LogP contribution in [0.15, 0.2) is 42.6 Å². The first-order valence-electron chi connectivity index (χ1n) is 7.35. The van der Waals surface area contributed by atoms with E-state index in [1.807, 2.05) is 0 Å². The minimum absolute atomic E-state index is 0.0353. The number of alkyl halides is 6. The highest BCUT2D eigenvalue weighted by molar-refractivity contribution is 6.14. The zero-order valence-electron chi connectivity index (χ0n) is 12.9. The lowest BCUT2D eigenvalue weighted by molar-refractivity contribution is -0.265. The molecule has 0 aliphatic carbocycles. The average molecular weight is 375 g/mol. The molecule has 0 spiro atoms. The monoisotopic (exact) mass is 375 g/mol. The quantitative estimate of drug-likeness (QED) is 0.563. The predicted octanol–water partition coefficient (Wildman–Crippen LogP) is 4.66. The first-order chi connectivity index (χ1) is 12.0. The number of hydrogen-bond donors (Lipinski definition) is 2. The zero-order valence-corrected chi connectivity index (χ0v) is 12.9. The van der Waals surface area contributed by atoms with Crippen LogP contribution in [0.1, 0.15) is 22.3 Å². The fraction of sp³-hybridized carbons (Fsp3) is 0.235. The highest BCUT2D eigenvalue weighted by atomic mass is 19.4. The smallest absolute Gasteiger partial charge is 0.376 e. The van der Waals surface area contributed by atoms with Gasteiger partial charge in [0, 0.05) is 22.9 Å². The Kier molecular flexibility index (Phi) is 4.02. The predicted molar refractivity (Wildman–Crippen MR) is 81.7 cm³/mol. The van der Waals surface area contributed by atoms with Crippen LogP contribution in [-0.2, 0) is 5.60 Å². The van der Waals surface area contributed by atoms with E-state index in [9.17, 15) is 36.2 Å². The van der Waals surface area contributed by atoms with Crippen molar-refractivity contribution in [2.45, 2.75) is 24.4 Å². The second-order valence-electron chi connectivity index (χ2n) is 5.83. The Labute approximate surface area is 142 Å². The van der Waals surface area contributed by atoms with Crippen LogP contribution in [0.2, 0.25) is 0 Å². The van der Waals surface area contributed by atoms with Crippen molar-refractivity contribution >= 4 is 22.2 Å². The molecule has 138 valence electrons. The van der Waals surface area contributed by atoms with Gasteiger partial charge in [-0.1, -0.05) is 30.3 Å². The summed E-state index contributed by atoms with van der Waals surface area (Å²) < 4.78 is 79.4. The maximum Gasteiger partial charge on any atom is 0.454 e. The van der Waals surface area contributed by atoms with Gasteiger partial charge in [-0.2, -0.15) is 26.3 Å². The molecule has 3 rings (SSSR count). The summed E-state index contributed by atoms with van der Waals surface area (Å²) in [5.41, 5.74) is -5.42. The maximum atomic E-state index is 13.5. The third-order valence-electron chi connectivity index (χ3n) is 4.22. The normalized spacial score (nSPS) is 20.4. The summed E-state index contributed by atoms with van der Waals surface area (Å²) in [5, 5.41) is 12.7. The molecule has 0 fully saturated rings. The maximum absolute atomic E-state index is 13.5. The number of fused-ring (bicyclic) bond motifs is 3. The standard InChI is InChI=1S/C17H11F6NO2/c18-16(19,20)14(25)11-8-12-13(10-5-2-1-4-9(10)11)24-7-3-6-15(12,26)17(21,22)23/h1-5,7-8,24,26H,6H2. The number of Topliss-reactive ketones (excluding diaryl/α,β-unsaturated/α-hetero) is 1. The topological polar surface area (TPSA) is 49.3 Å². The van der Waals surface area contributed by atoms with E-state index >= 15 is 0 Å². The number of aliphatic hydroxyl groups is 1. The molecular weight excluding hydrogens is 364 g/mol. The number of carbonyl (C=O) groups is 1. The number of benzene rings is 2. The van der Waals surface area contributed by atoms with Gasteiger partial charge in [0.1, 0.15) is 0 Å². The van der Waals surface area contributed by atoms with Gasteiger partial charge in [0.05, 0.1) is 5.69 Å². The highest BCUT2D eigenvalue weighted by Gasteiger charge is 2.56. The highest BCUT2D eigenvalue weighted by Crippen LogP contribution is 2.48. The largest absolute Gasteiger partial charge is 0.454 e. The number of carbonyl (C=O) groups excluding carboxylic acids is 1. The first-order valence-corrected chi connectivity index (χ1v) is 7.35. The zero-order chi connectivity index (χ0) is 19.3. The van der Waals surface area contributed by atoms with E-state index in [0.717, 1.165) is 6.08 Å². The van der Waals surface area contributed by atoms with Crippen LogP contribution < -0.4 is 5.32 Å². The van der Waals surface area contributed by atoms with Gasteiger partial charge in [0.15, 0.2) is 5.60 Å². The fourth-order valence-corrected chi connectivity index (χ4v) is 2.95. The lowest BCUT2D eigenvalue weighted by atomic mass is 9.84. The molecule has 0 bridgehead atoms. The van der Waals surface area contributed by atoms with Gasteiger partial charge in [-0.15, -0.1) is 0 Å². The van der Waals surface area contributed by atoms with E-state index in [-0.39, 0.29) is 16.5 Å². The third kappa shape index (κ3) is 2.72. The van der Waals surface area contributed by atoms with Gasteiger partial charge in [-0.05, 0) is 17.7 Å². The van der Waals surface area contributed by atoms with E-state index in [4.69, 9.17) is 0 Å². The molecule has 0 saturated heterocycles. The molecule has 2 aromatic carbocycles. The second kappa shape index (κ2) is 5.73. The van der Waals surface area contributed by atoms with E-state index < -0.39 is 41.3 Å². The van der Waals surface area contributed by atoms with Gasteiger partial charge in [0.25, 0.3) is 5.78 Å². The van der Waals surface area contributed by atoms with Gasteiger partial charge in [-0.25, -0.2) is 0 Å². The molecule has 9 heteroatoms. The van der Waals surface area contributed by atoms with Crippen molar-refractivity contribution in [2.24, 2.45) is 0 Å². The van der Waals surface area contributed by atoms with Gasteiger partial charge < -0.3 is 10.4 Å². The second-order valence-corrected chi connectivity index (χ2v) is 5.83. The molecule has 0 radical (unpaired) electrons. The minimum Gasteiger partial charge on any atom is -0.376 e. The average Bonchev–Trinajstić information content (AvgIpc) is 2.72. The molecule has 2 N–H and O–H groups in total. The van der Waals surface area contributed by atoms with Crippen LogP contribution in [0, 0.1) is 0 Å². The van der Waals surface area contributed by atoms with Crippen LogP contribution in [0.5, 0.6) is 0 Å². The number of hydrogen-bond acceptors (Lipinski definition) is 3. The molecule has 1 aliphatic heterocycles. The number of anilines is 1. The van der Waals surface area contributed by atoms with Crippen LogP contribution in [0.4, 0.5) is 32.0 Å². The van der Waals surface area contributed by atoms with Gasteiger partial charge in [0.2, 0.25) is 0 Å². The van der Waals surface area contributed by atoms with E-state index in [0.29, 0.717) is 6.07 Å². The van der Waals surface area contributed by atoms with E-state index in [1.165, 1.54) is 30.5 Å². The molecular formula is C17H11F6NO2. The molecule has 1 atom stereocenters. The Hall–Kier alpha value is -2.55. The molecule has 0 saturated carbocycles. The summed E-state index contributed by atoms with van der Waals surface area (Å²) in [6.45, 7) is 0. The van der Waals surface area contributed by atoms with Crippen molar-refractivity contribution < 1.29 is 36.2 Å². The SMILES string of the molecule is O=C(c1cc2c(c3ccccc13)NC=CCC2(O)C(F)(F)F)C(F)(F)F. The van der Waals surface area contributed by atoms with Crippen LogP contribution in [-0.4, -0.2) is 23.2 Å². The summed E-state index contributed by atoms with van der Waals surface area (Å²) >= 11 is 0. The third-order valence-corrected chi connectivity index (χ3v) is 4.22. The minimum atomic E-state index is -5.27. The van der Waals surface area contributed by atoms with Crippen molar-refractivity contribution in [2.75, 3.05) is 5.32 Å². The van der Waals surface area contributed by atoms with Crippen molar-refractivity contribution in [3.8, 4) is 0 Å². The van der Waals surface area contributed by atoms with E-state index in [1.54, 1.807) is 0 Å². The molecule has 1 aliphatic rings. The van der Waals surface area contributed by atoms with Crippen molar-refractivity contribution in [3.63, 3.8) is 0 Å². The fourth-order valence-electron chi connectivity index (χ4n) is 2.95. The number of halogens is 6. The Bertz CT molecular complexity index is 916.